The average Bonchev–Trinajstić information content (AvgIpc) is 4.11. The van der Waals surface area contributed by atoms with Crippen molar-refractivity contribution in [2.75, 3.05) is 0 Å². The van der Waals surface area contributed by atoms with Crippen molar-refractivity contribution in [1.82, 2.24) is 9.55 Å². The highest BCUT2D eigenvalue weighted by Gasteiger charge is 2.51. The van der Waals surface area contributed by atoms with Crippen molar-refractivity contribution in [3.05, 3.63) is 216 Å². The standard InChI is InChI=1S/C58H32N2S2/c1-7-22-46-35(16-1)36-17-2-8-23-47(36)58(46)48-24-9-3-18-37(48)42-29-44-41(30-49(42)58)38-19-4-10-25-50(38)59-55(44)33-14-13-15-34(28-33)60-51-31-43-39-20-5-11-26-52(39)61-54(43)32-45(51)57-56(60)40-21-6-12-27-53(40)62-57/h1-32H. The van der Waals surface area contributed by atoms with Gasteiger partial charge in [-0.1, -0.05) is 140 Å². The van der Waals surface area contributed by atoms with Gasteiger partial charge in [0.15, 0.2) is 0 Å². The highest BCUT2D eigenvalue weighted by Crippen LogP contribution is 2.63. The predicted molar refractivity (Wildman–Crippen MR) is 264 cm³/mol. The first-order chi connectivity index (χ1) is 30.7. The molecule has 286 valence electrons. The second-order valence-corrected chi connectivity index (χ2v) is 19.1. The third-order valence-corrected chi connectivity index (χ3v) is 16.3. The number of para-hydroxylation sites is 1. The highest BCUT2D eigenvalue weighted by molar-refractivity contribution is 7.27. The van der Waals surface area contributed by atoms with Crippen molar-refractivity contribution < 1.29 is 0 Å². The van der Waals surface area contributed by atoms with E-state index in [1.165, 1.54) is 112 Å². The number of fused-ring (bicyclic) bond motifs is 21. The molecule has 0 radical (unpaired) electrons. The molecule has 0 atom stereocenters. The normalized spacial score (nSPS) is 13.6. The minimum atomic E-state index is -0.416. The predicted octanol–water partition coefficient (Wildman–Crippen LogP) is 16.1. The van der Waals surface area contributed by atoms with Crippen molar-refractivity contribution >= 4 is 95.7 Å². The third-order valence-electron chi connectivity index (χ3n) is 14.0. The van der Waals surface area contributed by atoms with Gasteiger partial charge in [-0.05, 0) is 104 Å². The molecule has 0 bridgehead atoms. The molecule has 4 aromatic heterocycles. The first kappa shape index (κ1) is 33.4. The van der Waals surface area contributed by atoms with Gasteiger partial charge in [-0.15, -0.1) is 22.7 Å². The zero-order chi connectivity index (χ0) is 40.3. The second-order valence-electron chi connectivity index (χ2n) is 16.9. The largest absolute Gasteiger partial charge is 0.308 e. The zero-order valence-electron chi connectivity index (χ0n) is 33.2. The number of pyridine rings is 1. The van der Waals surface area contributed by atoms with Crippen LogP contribution in [-0.4, -0.2) is 9.55 Å². The Morgan fingerprint density at radius 3 is 1.77 bits per heavy atom. The molecular formula is C58H32N2S2. The summed E-state index contributed by atoms with van der Waals surface area (Å²) in [6.45, 7) is 0. The van der Waals surface area contributed by atoms with Crippen molar-refractivity contribution in [3.8, 4) is 39.2 Å². The van der Waals surface area contributed by atoms with Crippen molar-refractivity contribution in [2.24, 2.45) is 0 Å². The SMILES string of the molecule is c1cc(-c2nc3ccccc3c3cc4c(cc23)-c2ccccc2C42c3ccccc3-c3ccccc32)cc(-n2c3cc4c(cc3c3sc5ccccc5c32)sc2ccccc24)c1. The Morgan fingerprint density at radius 2 is 1.02 bits per heavy atom. The summed E-state index contributed by atoms with van der Waals surface area (Å²) >= 11 is 3.79. The Bertz CT molecular complexity index is 4080. The van der Waals surface area contributed by atoms with Crippen LogP contribution in [0.5, 0.6) is 0 Å². The average molecular weight is 821 g/mol. The number of benzene rings is 9. The molecular weight excluding hydrogens is 789 g/mol. The number of rotatable bonds is 2. The van der Waals surface area contributed by atoms with E-state index in [9.17, 15) is 0 Å². The van der Waals surface area contributed by atoms with Crippen LogP contribution in [0.25, 0.3) is 112 Å². The monoisotopic (exact) mass is 820 g/mol. The van der Waals surface area contributed by atoms with E-state index in [-0.39, 0.29) is 0 Å². The van der Waals surface area contributed by atoms with E-state index in [0.29, 0.717) is 0 Å². The van der Waals surface area contributed by atoms with E-state index >= 15 is 0 Å². The molecule has 4 heteroatoms. The maximum absolute atomic E-state index is 5.57. The summed E-state index contributed by atoms with van der Waals surface area (Å²) in [6, 6.07) is 72.7. The third kappa shape index (κ3) is 4.12. The number of thiophene rings is 2. The van der Waals surface area contributed by atoms with E-state index in [0.717, 1.165) is 22.5 Å². The molecule has 0 N–H and O–H groups in total. The minimum Gasteiger partial charge on any atom is -0.308 e. The van der Waals surface area contributed by atoms with E-state index in [1.54, 1.807) is 0 Å². The summed E-state index contributed by atoms with van der Waals surface area (Å²) in [5.74, 6) is 0. The molecule has 0 fully saturated rings. The molecule has 0 unspecified atom stereocenters. The van der Waals surface area contributed by atoms with Crippen molar-refractivity contribution in [1.29, 1.82) is 0 Å². The first-order valence-corrected chi connectivity index (χ1v) is 22.9. The minimum absolute atomic E-state index is 0.416. The molecule has 13 aromatic rings. The van der Waals surface area contributed by atoms with E-state index in [2.05, 4.69) is 199 Å². The highest BCUT2D eigenvalue weighted by atomic mass is 32.1. The number of aromatic nitrogens is 2. The molecule has 0 amide bonds. The summed E-state index contributed by atoms with van der Waals surface area (Å²) in [7, 11) is 0. The van der Waals surface area contributed by atoms with Gasteiger partial charge in [0.1, 0.15) is 0 Å². The lowest BCUT2D eigenvalue weighted by molar-refractivity contribution is 0.795. The van der Waals surface area contributed by atoms with Crippen LogP contribution in [-0.2, 0) is 5.41 Å². The van der Waals surface area contributed by atoms with Gasteiger partial charge < -0.3 is 4.57 Å². The first-order valence-electron chi connectivity index (χ1n) is 21.3. The fourth-order valence-corrected chi connectivity index (χ4v) is 13.8. The molecule has 4 heterocycles. The van der Waals surface area contributed by atoms with Crippen LogP contribution >= 0.6 is 22.7 Å². The summed E-state index contributed by atoms with van der Waals surface area (Å²) in [4.78, 5) is 5.57. The van der Waals surface area contributed by atoms with Crippen LogP contribution in [0.4, 0.5) is 0 Å². The Morgan fingerprint density at radius 1 is 0.387 bits per heavy atom. The van der Waals surface area contributed by atoms with E-state index in [1.807, 2.05) is 22.7 Å². The number of nitrogens with zero attached hydrogens (tertiary/aromatic N) is 2. The molecule has 2 aliphatic rings. The van der Waals surface area contributed by atoms with Gasteiger partial charge in [0.05, 0.1) is 32.4 Å². The maximum Gasteiger partial charge on any atom is 0.0789 e. The lowest BCUT2D eigenvalue weighted by Gasteiger charge is -2.30. The molecule has 0 saturated heterocycles. The second kappa shape index (κ2) is 11.9. The van der Waals surface area contributed by atoms with Gasteiger partial charge in [-0.3, -0.25) is 0 Å². The van der Waals surface area contributed by atoms with Crippen molar-refractivity contribution in [2.45, 2.75) is 5.41 Å². The number of hydrogen-bond acceptors (Lipinski definition) is 3. The van der Waals surface area contributed by atoms with Crippen LogP contribution in [0.1, 0.15) is 22.3 Å². The Kier molecular flexibility index (Phi) is 6.41. The summed E-state index contributed by atoms with van der Waals surface area (Å²) in [6.07, 6.45) is 0. The van der Waals surface area contributed by atoms with Crippen LogP contribution in [0.2, 0.25) is 0 Å². The molecule has 0 aliphatic heterocycles. The number of hydrogen-bond donors (Lipinski definition) is 0. The lowest BCUT2D eigenvalue weighted by Crippen LogP contribution is -2.25. The lowest BCUT2D eigenvalue weighted by atomic mass is 9.70. The quantitative estimate of drug-likeness (QED) is 0.159. The molecule has 1 spiro atoms. The molecule has 9 aromatic carbocycles. The molecule has 2 nitrogen and oxygen atoms in total. The van der Waals surface area contributed by atoms with Crippen LogP contribution < -0.4 is 0 Å². The van der Waals surface area contributed by atoms with Crippen LogP contribution in [0.15, 0.2) is 194 Å². The summed E-state index contributed by atoms with van der Waals surface area (Å²) in [5.41, 5.74) is 17.0. The molecule has 0 saturated carbocycles. The summed E-state index contributed by atoms with van der Waals surface area (Å²) in [5, 5.41) is 8.79. The maximum atomic E-state index is 5.57. The van der Waals surface area contributed by atoms with E-state index < -0.39 is 5.41 Å². The molecule has 15 rings (SSSR count). The zero-order valence-corrected chi connectivity index (χ0v) is 34.8. The Labute approximate surface area is 364 Å². The van der Waals surface area contributed by atoms with Gasteiger partial charge >= 0.3 is 0 Å². The Hall–Kier alpha value is -7.37. The fourth-order valence-electron chi connectivity index (χ4n) is 11.5. The Balaban J connectivity index is 1.02. The van der Waals surface area contributed by atoms with Crippen LogP contribution in [0.3, 0.4) is 0 Å². The molecule has 62 heavy (non-hydrogen) atoms. The van der Waals surface area contributed by atoms with Gasteiger partial charge in [-0.2, -0.15) is 0 Å². The summed E-state index contributed by atoms with van der Waals surface area (Å²) < 4.78 is 7.82. The van der Waals surface area contributed by atoms with E-state index in [4.69, 9.17) is 4.98 Å². The molecule has 2 aliphatic carbocycles. The van der Waals surface area contributed by atoms with Gasteiger partial charge in [0.25, 0.3) is 0 Å². The fraction of sp³-hybridized carbons (Fsp3) is 0.0172. The van der Waals surface area contributed by atoms with Crippen molar-refractivity contribution in [3.63, 3.8) is 0 Å². The smallest absolute Gasteiger partial charge is 0.0789 e. The topological polar surface area (TPSA) is 17.8 Å². The van der Waals surface area contributed by atoms with Gasteiger partial charge in [0.2, 0.25) is 0 Å². The van der Waals surface area contributed by atoms with Gasteiger partial charge in [-0.25, -0.2) is 4.98 Å². The van der Waals surface area contributed by atoms with Crippen LogP contribution in [0, 0.1) is 0 Å². The van der Waals surface area contributed by atoms with Gasteiger partial charge in [0, 0.05) is 57.7 Å².